The summed E-state index contributed by atoms with van der Waals surface area (Å²) in [6, 6.07) is 10.9. The zero-order valence-corrected chi connectivity index (χ0v) is 10.7. The second-order valence-corrected chi connectivity index (χ2v) is 4.22. The van der Waals surface area contributed by atoms with E-state index in [1.807, 2.05) is 19.1 Å². The molecule has 0 spiro atoms. The third-order valence-electron chi connectivity index (χ3n) is 2.69. The molecular formula is C14H12N2O4. The number of nitrogens with zero attached hydrogens (tertiary/aromatic N) is 1. The van der Waals surface area contributed by atoms with Crippen LogP contribution >= 0.6 is 0 Å². The van der Waals surface area contributed by atoms with Gasteiger partial charge in [-0.3, -0.25) is 14.9 Å². The first-order chi connectivity index (χ1) is 9.47. The quantitative estimate of drug-likeness (QED) is 0.683. The molecule has 0 saturated carbocycles. The Labute approximate surface area is 114 Å². The molecule has 102 valence electrons. The van der Waals surface area contributed by atoms with Crippen molar-refractivity contribution < 1.29 is 14.5 Å². The second kappa shape index (κ2) is 5.40. The lowest BCUT2D eigenvalue weighted by molar-refractivity contribution is -0.385. The van der Waals surface area contributed by atoms with E-state index in [1.54, 1.807) is 12.1 Å². The van der Waals surface area contributed by atoms with Crippen LogP contribution in [0.15, 0.2) is 42.5 Å². The lowest BCUT2D eigenvalue weighted by Crippen LogP contribution is -2.11. The highest BCUT2D eigenvalue weighted by Gasteiger charge is 2.18. The largest absolute Gasteiger partial charge is 0.450 e. The summed E-state index contributed by atoms with van der Waals surface area (Å²) in [5.74, 6) is -0.190. The molecule has 0 aliphatic rings. The van der Waals surface area contributed by atoms with E-state index < -0.39 is 10.8 Å². The molecule has 0 aromatic heterocycles. The van der Waals surface area contributed by atoms with Gasteiger partial charge in [0, 0.05) is 11.6 Å². The minimum atomic E-state index is -0.727. The van der Waals surface area contributed by atoms with Crippen LogP contribution in [0.3, 0.4) is 0 Å². The van der Waals surface area contributed by atoms with Gasteiger partial charge >= 0.3 is 5.69 Å². The van der Waals surface area contributed by atoms with Crippen molar-refractivity contribution in [3.63, 3.8) is 0 Å². The fourth-order valence-corrected chi connectivity index (χ4v) is 1.63. The van der Waals surface area contributed by atoms with Crippen LogP contribution in [0.2, 0.25) is 0 Å². The van der Waals surface area contributed by atoms with E-state index in [2.05, 4.69) is 0 Å². The van der Waals surface area contributed by atoms with Crippen molar-refractivity contribution in [3.8, 4) is 11.5 Å². The number of amides is 1. The highest BCUT2D eigenvalue weighted by Crippen LogP contribution is 2.32. The number of rotatable bonds is 4. The van der Waals surface area contributed by atoms with Crippen molar-refractivity contribution >= 4 is 11.6 Å². The third kappa shape index (κ3) is 2.92. The molecule has 20 heavy (non-hydrogen) atoms. The summed E-state index contributed by atoms with van der Waals surface area (Å²) < 4.78 is 5.47. The van der Waals surface area contributed by atoms with Crippen molar-refractivity contribution in [1.29, 1.82) is 0 Å². The van der Waals surface area contributed by atoms with E-state index >= 15 is 0 Å². The SMILES string of the molecule is Cc1ccc(Oc2ccc(C(N)=O)cc2[N+](=O)[O-])cc1. The van der Waals surface area contributed by atoms with E-state index in [4.69, 9.17) is 10.5 Å². The minimum absolute atomic E-state index is 0.0591. The standard InChI is InChI=1S/C14H12N2O4/c1-9-2-5-11(6-3-9)20-13-7-4-10(14(15)17)8-12(13)16(18)19/h2-8H,1H3,(H2,15,17). The van der Waals surface area contributed by atoms with Gasteiger partial charge in [0.25, 0.3) is 0 Å². The maximum absolute atomic E-state index is 11.0. The smallest absolute Gasteiger partial charge is 0.312 e. The van der Waals surface area contributed by atoms with Crippen molar-refractivity contribution in [1.82, 2.24) is 0 Å². The number of ether oxygens (including phenoxy) is 1. The lowest BCUT2D eigenvalue weighted by atomic mass is 10.2. The van der Waals surface area contributed by atoms with Gasteiger partial charge < -0.3 is 10.5 Å². The zero-order valence-electron chi connectivity index (χ0n) is 10.7. The number of carbonyl (C=O) groups is 1. The first-order valence-electron chi connectivity index (χ1n) is 5.80. The number of hydrogen-bond acceptors (Lipinski definition) is 4. The van der Waals surface area contributed by atoms with Gasteiger partial charge in [-0.15, -0.1) is 0 Å². The van der Waals surface area contributed by atoms with Crippen LogP contribution in [-0.4, -0.2) is 10.8 Å². The molecule has 0 aliphatic heterocycles. The maximum Gasteiger partial charge on any atom is 0.312 e. The summed E-state index contributed by atoms with van der Waals surface area (Å²) in [5.41, 5.74) is 5.91. The Bertz CT molecular complexity index is 665. The van der Waals surface area contributed by atoms with Gasteiger partial charge in [-0.05, 0) is 31.2 Å². The monoisotopic (exact) mass is 272 g/mol. The molecule has 1 amide bonds. The molecule has 6 heteroatoms. The number of benzene rings is 2. The molecule has 2 aromatic rings. The molecule has 0 aliphatic carbocycles. The normalized spacial score (nSPS) is 10.1. The summed E-state index contributed by atoms with van der Waals surface area (Å²) in [6.45, 7) is 1.92. The zero-order chi connectivity index (χ0) is 14.7. The van der Waals surface area contributed by atoms with Crippen molar-refractivity contribution in [2.24, 2.45) is 5.73 Å². The Morgan fingerprint density at radius 3 is 2.40 bits per heavy atom. The molecule has 0 radical (unpaired) electrons. The van der Waals surface area contributed by atoms with Crippen LogP contribution in [0.25, 0.3) is 0 Å². The molecule has 2 N–H and O–H groups in total. The summed E-state index contributed by atoms with van der Waals surface area (Å²) in [6.07, 6.45) is 0. The Morgan fingerprint density at radius 2 is 1.85 bits per heavy atom. The van der Waals surface area contributed by atoms with Gasteiger partial charge in [-0.2, -0.15) is 0 Å². The van der Waals surface area contributed by atoms with Crippen molar-refractivity contribution in [2.75, 3.05) is 0 Å². The van der Waals surface area contributed by atoms with Gasteiger partial charge in [-0.25, -0.2) is 0 Å². The topological polar surface area (TPSA) is 95.5 Å². The Morgan fingerprint density at radius 1 is 1.20 bits per heavy atom. The van der Waals surface area contributed by atoms with Crippen LogP contribution in [0.5, 0.6) is 11.5 Å². The lowest BCUT2D eigenvalue weighted by Gasteiger charge is -2.07. The first kappa shape index (κ1) is 13.5. The second-order valence-electron chi connectivity index (χ2n) is 4.22. The van der Waals surface area contributed by atoms with E-state index in [0.29, 0.717) is 5.75 Å². The Balaban J connectivity index is 2.38. The number of hydrogen-bond donors (Lipinski definition) is 1. The summed E-state index contributed by atoms with van der Waals surface area (Å²) in [5, 5.41) is 11.0. The number of nitro groups is 1. The molecule has 0 fully saturated rings. The van der Waals surface area contributed by atoms with E-state index in [1.165, 1.54) is 12.1 Å². The fourth-order valence-electron chi connectivity index (χ4n) is 1.63. The van der Waals surface area contributed by atoms with Crippen LogP contribution in [-0.2, 0) is 0 Å². The molecule has 0 saturated heterocycles. The van der Waals surface area contributed by atoms with Gasteiger partial charge in [0.15, 0.2) is 0 Å². The van der Waals surface area contributed by atoms with Crippen molar-refractivity contribution in [2.45, 2.75) is 6.92 Å². The van der Waals surface area contributed by atoms with Gasteiger partial charge in [-0.1, -0.05) is 17.7 Å². The molecule has 6 nitrogen and oxygen atoms in total. The number of carbonyl (C=O) groups excluding carboxylic acids is 1. The average molecular weight is 272 g/mol. The van der Waals surface area contributed by atoms with Crippen LogP contribution < -0.4 is 10.5 Å². The fraction of sp³-hybridized carbons (Fsp3) is 0.0714. The van der Waals surface area contributed by atoms with E-state index in [-0.39, 0.29) is 17.0 Å². The number of nitro benzene ring substituents is 1. The van der Waals surface area contributed by atoms with Crippen molar-refractivity contribution in [3.05, 3.63) is 63.7 Å². The molecule has 0 atom stereocenters. The molecule has 0 heterocycles. The third-order valence-corrected chi connectivity index (χ3v) is 2.69. The van der Waals surface area contributed by atoms with Gasteiger partial charge in [0.2, 0.25) is 11.7 Å². The van der Waals surface area contributed by atoms with E-state index in [0.717, 1.165) is 11.6 Å². The van der Waals surface area contributed by atoms with E-state index in [9.17, 15) is 14.9 Å². The maximum atomic E-state index is 11.0. The van der Waals surface area contributed by atoms with Crippen LogP contribution in [0, 0.1) is 17.0 Å². The first-order valence-corrected chi connectivity index (χ1v) is 5.80. The highest BCUT2D eigenvalue weighted by molar-refractivity contribution is 5.93. The summed E-state index contributed by atoms with van der Waals surface area (Å²) >= 11 is 0. The van der Waals surface area contributed by atoms with Crippen LogP contribution in [0.1, 0.15) is 15.9 Å². The average Bonchev–Trinajstić information content (AvgIpc) is 2.41. The molecule has 0 unspecified atom stereocenters. The molecule has 0 bridgehead atoms. The highest BCUT2D eigenvalue weighted by atomic mass is 16.6. The minimum Gasteiger partial charge on any atom is -0.450 e. The Kier molecular flexibility index (Phi) is 3.65. The number of nitrogens with two attached hydrogens (primary N) is 1. The number of aryl methyl sites for hydroxylation is 1. The molecular weight excluding hydrogens is 260 g/mol. The molecule has 2 rings (SSSR count). The predicted octanol–water partition coefficient (Wildman–Crippen LogP) is 2.79. The summed E-state index contributed by atoms with van der Waals surface area (Å²) in [4.78, 5) is 21.4. The number of primary amides is 1. The van der Waals surface area contributed by atoms with Gasteiger partial charge in [0.05, 0.1) is 4.92 Å². The molecule has 2 aromatic carbocycles. The Hall–Kier alpha value is -2.89. The predicted molar refractivity (Wildman–Crippen MR) is 72.9 cm³/mol. The van der Waals surface area contributed by atoms with Crippen LogP contribution in [0.4, 0.5) is 5.69 Å². The summed E-state index contributed by atoms with van der Waals surface area (Å²) in [7, 11) is 0. The van der Waals surface area contributed by atoms with Gasteiger partial charge in [0.1, 0.15) is 5.75 Å².